The number of aromatic amines is 1. The molecule has 0 unspecified atom stereocenters. The Hall–Kier alpha value is -2.63. The largest absolute Gasteiger partial charge is 0.496 e. The van der Waals surface area contributed by atoms with E-state index in [0.717, 1.165) is 5.56 Å². The van der Waals surface area contributed by atoms with Gasteiger partial charge < -0.3 is 9.84 Å². The molecular formula is C14H14N2O4. The molecule has 2 rings (SSSR count). The Morgan fingerprint density at radius 2 is 2.10 bits per heavy atom. The molecule has 2 aromatic rings. The van der Waals surface area contributed by atoms with Gasteiger partial charge in [-0.25, -0.2) is 9.89 Å². The van der Waals surface area contributed by atoms with Crippen LogP contribution in [-0.2, 0) is 6.42 Å². The average molecular weight is 274 g/mol. The molecule has 2 N–H and O–H groups in total. The van der Waals surface area contributed by atoms with Crippen LogP contribution in [0.5, 0.6) is 5.75 Å². The molecule has 0 spiro atoms. The summed E-state index contributed by atoms with van der Waals surface area (Å²) in [7, 11) is 1.46. The van der Waals surface area contributed by atoms with E-state index >= 15 is 0 Å². The van der Waals surface area contributed by atoms with Crippen LogP contribution in [0.1, 0.15) is 27.2 Å². The van der Waals surface area contributed by atoms with Crippen LogP contribution in [0.4, 0.5) is 0 Å². The summed E-state index contributed by atoms with van der Waals surface area (Å²) in [6.45, 7) is 1.78. The Labute approximate surface area is 115 Å². The molecule has 20 heavy (non-hydrogen) atoms. The maximum Gasteiger partial charge on any atom is 0.335 e. The molecule has 104 valence electrons. The number of methoxy groups -OCH3 is 1. The number of benzene rings is 1. The minimum atomic E-state index is -1.02. The SMILES string of the molecule is COc1cc(C(=O)O)ccc1Cc1cc(C)n[nH]c1=O. The van der Waals surface area contributed by atoms with Gasteiger partial charge in [0.15, 0.2) is 0 Å². The van der Waals surface area contributed by atoms with Gasteiger partial charge in [-0.05, 0) is 30.7 Å². The molecule has 1 aromatic heterocycles. The van der Waals surface area contributed by atoms with Gasteiger partial charge in [0, 0.05) is 12.0 Å². The number of ether oxygens (including phenoxy) is 1. The van der Waals surface area contributed by atoms with Crippen LogP contribution in [0.25, 0.3) is 0 Å². The van der Waals surface area contributed by atoms with Crippen LogP contribution < -0.4 is 10.3 Å². The summed E-state index contributed by atoms with van der Waals surface area (Å²) in [4.78, 5) is 22.6. The first-order chi connectivity index (χ1) is 9.51. The number of hydrogen-bond donors (Lipinski definition) is 2. The van der Waals surface area contributed by atoms with Gasteiger partial charge in [0.2, 0.25) is 0 Å². The number of aromatic nitrogens is 2. The number of hydrogen-bond acceptors (Lipinski definition) is 4. The zero-order chi connectivity index (χ0) is 14.7. The van der Waals surface area contributed by atoms with E-state index in [1.165, 1.54) is 19.2 Å². The highest BCUT2D eigenvalue weighted by Gasteiger charge is 2.11. The van der Waals surface area contributed by atoms with Crippen molar-refractivity contribution in [1.29, 1.82) is 0 Å². The zero-order valence-electron chi connectivity index (χ0n) is 11.1. The number of H-pyrrole nitrogens is 1. The van der Waals surface area contributed by atoms with E-state index in [1.54, 1.807) is 19.1 Å². The second kappa shape index (κ2) is 5.56. The third kappa shape index (κ3) is 2.85. The molecule has 0 saturated heterocycles. The predicted molar refractivity (Wildman–Crippen MR) is 72.4 cm³/mol. The third-order valence-electron chi connectivity index (χ3n) is 2.92. The molecule has 0 aliphatic carbocycles. The molecule has 1 heterocycles. The molecule has 1 aromatic carbocycles. The summed E-state index contributed by atoms with van der Waals surface area (Å²) in [6.07, 6.45) is 0.349. The first kappa shape index (κ1) is 13.8. The highest BCUT2D eigenvalue weighted by Crippen LogP contribution is 2.22. The quantitative estimate of drug-likeness (QED) is 0.878. The molecule has 0 fully saturated rings. The van der Waals surface area contributed by atoms with Crippen LogP contribution in [0.2, 0.25) is 0 Å². The van der Waals surface area contributed by atoms with Gasteiger partial charge in [-0.15, -0.1) is 0 Å². The molecule has 0 saturated carbocycles. The van der Waals surface area contributed by atoms with E-state index in [2.05, 4.69) is 10.2 Å². The van der Waals surface area contributed by atoms with Crippen molar-refractivity contribution in [1.82, 2.24) is 10.2 Å². The van der Waals surface area contributed by atoms with Crippen LogP contribution >= 0.6 is 0 Å². The number of carboxylic acids is 1. The Kier molecular flexibility index (Phi) is 3.84. The maximum absolute atomic E-state index is 11.7. The first-order valence-electron chi connectivity index (χ1n) is 5.96. The summed E-state index contributed by atoms with van der Waals surface area (Å²) < 4.78 is 5.19. The second-order valence-corrected chi connectivity index (χ2v) is 4.37. The topological polar surface area (TPSA) is 92.3 Å². The number of carboxylic acid groups (broad SMARTS) is 1. The average Bonchev–Trinajstić information content (AvgIpc) is 2.43. The molecule has 0 bridgehead atoms. The number of carbonyl (C=O) groups is 1. The number of rotatable bonds is 4. The lowest BCUT2D eigenvalue weighted by atomic mass is 10.0. The van der Waals surface area contributed by atoms with E-state index in [1.807, 2.05) is 0 Å². The van der Waals surface area contributed by atoms with Gasteiger partial charge >= 0.3 is 5.97 Å². The van der Waals surface area contributed by atoms with Gasteiger partial charge in [0.05, 0.1) is 18.4 Å². The van der Waals surface area contributed by atoms with Crippen molar-refractivity contribution in [2.75, 3.05) is 7.11 Å². The second-order valence-electron chi connectivity index (χ2n) is 4.37. The van der Waals surface area contributed by atoms with Crippen LogP contribution in [0, 0.1) is 6.92 Å². The van der Waals surface area contributed by atoms with Crippen molar-refractivity contribution in [3.8, 4) is 5.75 Å². The molecule has 0 atom stereocenters. The fraction of sp³-hybridized carbons (Fsp3) is 0.214. The van der Waals surface area contributed by atoms with Gasteiger partial charge in [-0.3, -0.25) is 4.79 Å². The van der Waals surface area contributed by atoms with E-state index in [0.29, 0.717) is 23.4 Å². The normalized spacial score (nSPS) is 10.3. The highest BCUT2D eigenvalue weighted by molar-refractivity contribution is 5.88. The minimum Gasteiger partial charge on any atom is -0.496 e. The fourth-order valence-electron chi connectivity index (χ4n) is 1.92. The highest BCUT2D eigenvalue weighted by atomic mass is 16.5. The van der Waals surface area contributed by atoms with Gasteiger partial charge in [0.1, 0.15) is 5.75 Å². The lowest BCUT2D eigenvalue weighted by molar-refractivity contribution is 0.0696. The van der Waals surface area contributed by atoms with Crippen LogP contribution in [-0.4, -0.2) is 28.4 Å². The zero-order valence-corrected chi connectivity index (χ0v) is 11.1. The fourth-order valence-corrected chi connectivity index (χ4v) is 1.92. The summed E-state index contributed by atoms with van der Waals surface area (Å²) in [5.74, 6) is -0.578. The van der Waals surface area contributed by atoms with E-state index in [-0.39, 0.29) is 11.1 Å². The number of nitrogens with zero attached hydrogens (tertiary/aromatic N) is 1. The summed E-state index contributed by atoms with van der Waals surface area (Å²) >= 11 is 0. The monoisotopic (exact) mass is 274 g/mol. The number of nitrogens with one attached hydrogen (secondary N) is 1. The Morgan fingerprint density at radius 3 is 2.75 bits per heavy atom. The Balaban J connectivity index is 2.40. The summed E-state index contributed by atoms with van der Waals surface area (Å²) in [6, 6.07) is 6.28. The Bertz CT molecular complexity index is 707. The lowest BCUT2D eigenvalue weighted by Crippen LogP contribution is -2.15. The lowest BCUT2D eigenvalue weighted by Gasteiger charge is -2.09. The van der Waals surface area contributed by atoms with Crippen molar-refractivity contribution in [3.05, 3.63) is 57.0 Å². The molecule has 0 aliphatic heterocycles. The van der Waals surface area contributed by atoms with Gasteiger partial charge in [-0.2, -0.15) is 5.10 Å². The van der Waals surface area contributed by atoms with Crippen molar-refractivity contribution in [3.63, 3.8) is 0 Å². The Morgan fingerprint density at radius 1 is 1.35 bits per heavy atom. The minimum absolute atomic E-state index is 0.144. The van der Waals surface area contributed by atoms with E-state index < -0.39 is 5.97 Å². The van der Waals surface area contributed by atoms with E-state index in [4.69, 9.17) is 9.84 Å². The third-order valence-corrected chi connectivity index (χ3v) is 2.92. The number of aromatic carboxylic acids is 1. The summed E-state index contributed by atoms with van der Waals surface area (Å²) in [5, 5.41) is 15.2. The molecule has 6 nitrogen and oxygen atoms in total. The van der Waals surface area contributed by atoms with Crippen molar-refractivity contribution in [2.24, 2.45) is 0 Å². The predicted octanol–water partition coefficient (Wildman–Crippen LogP) is 1.38. The first-order valence-corrected chi connectivity index (χ1v) is 5.96. The summed E-state index contributed by atoms with van der Waals surface area (Å²) in [5.41, 5.74) is 1.89. The maximum atomic E-state index is 11.7. The van der Waals surface area contributed by atoms with Crippen LogP contribution in [0.3, 0.4) is 0 Å². The number of aryl methyl sites for hydroxylation is 1. The van der Waals surface area contributed by atoms with E-state index in [9.17, 15) is 9.59 Å². The molecule has 0 radical (unpaired) electrons. The van der Waals surface area contributed by atoms with Crippen LogP contribution in [0.15, 0.2) is 29.1 Å². The smallest absolute Gasteiger partial charge is 0.335 e. The van der Waals surface area contributed by atoms with Gasteiger partial charge in [-0.1, -0.05) is 6.07 Å². The van der Waals surface area contributed by atoms with Crippen molar-refractivity contribution < 1.29 is 14.6 Å². The standard InChI is InChI=1S/C14H14N2O4/c1-8-5-11(13(17)16-15-8)6-9-3-4-10(14(18)19)7-12(9)20-2/h3-5,7H,6H2,1-2H3,(H,16,17)(H,18,19). The molecular weight excluding hydrogens is 260 g/mol. The molecule has 0 amide bonds. The molecule has 0 aliphatic rings. The van der Waals surface area contributed by atoms with Crippen molar-refractivity contribution >= 4 is 5.97 Å². The van der Waals surface area contributed by atoms with Crippen molar-refractivity contribution in [2.45, 2.75) is 13.3 Å². The molecule has 6 heteroatoms. The van der Waals surface area contributed by atoms with Gasteiger partial charge in [0.25, 0.3) is 5.56 Å².